The molecule has 1 saturated heterocycles. The van der Waals surface area contributed by atoms with Gasteiger partial charge in [-0.2, -0.15) is 0 Å². The molecule has 2 heterocycles. The van der Waals surface area contributed by atoms with Crippen LogP contribution >= 0.6 is 0 Å². The first-order valence-electron chi connectivity index (χ1n) is 9.07. The number of anilines is 2. The highest BCUT2D eigenvalue weighted by atomic mass is 16.3. The van der Waals surface area contributed by atoms with Gasteiger partial charge in [0.1, 0.15) is 0 Å². The van der Waals surface area contributed by atoms with Crippen molar-refractivity contribution in [1.29, 1.82) is 0 Å². The Morgan fingerprint density at radius 1 is 1.15 bits per heavy atom. The van der Waals surface area contributed by atoms with Gasteiger partial charge in [0.2, 0.25) is 0 Å². The summed E-state index contributed by atoms with van der Waals surface area (Å²) in [5, 5.41) is 14.2. The summed E-state index contributed by atoms with van der Waals surface area (Å²) in [7, 11) is 0. The summed E-state index contributed by atoms with van der Waals surface area (Å²) in [6, 6.07) is 17.9. The van der Waals surface area contributed by atoms with E-state index in [1.807, 2.05) is 42.5 Å². The number of nitrogens with zero attached hydrogens (tertiary/aromatic N) is 1. The van der Waals surface area contributed by atoms with Crippen molar-refractivity contribution in [3.05, 3.63) is 70.5 Å². The number of aromatic nitrogens is 1. The van der Waals surface area contributed by atoms with Crippen LogP contribution in [0.15, 0.2) is 59.4 Å². The molecule has 1 aromatic heterocycles. The van der Waals surface area contributed by atoms with Crippen molar-refractivity contribution in [1.82, 2.24) is 4.98 Å². The molecule has 134 valence electrons. The van der Waals surface area contributed by atoms with E-state index in [-0.39, 0.29) is 11.7 Å². The number of β-amino-alcohol motifs (C(OH)–C–C–N with tert-alkyl or cyclic N) is 1. The monoisotopic (exact) mass is 349 g/mol. The highest BCUT2D eigenvalue weighted by Gasteiger charge is 2.17. The van der Waals surface area contributed by atoms with E-state index in [9.17, 15) is 9.90 Å². The molecular formula is C21H23N3O2. The quantitative estimate of drug-likeness (QED) is 0.677. The van der Waals surface area contributed by atoms with E-state index in [4.69, 9.17) is 0 Å². The third-order valence-electron chi connectivity index (χ3n) is 4.94. The highest BCUT2D eigenvalue weighted by molar-refractivity contribution is 5.78. The Bertz CT molecular complexity index is 949. The van der Waals surface area contributed by atoms with Crippen LogP contribution in [0.2, 0.25) is 0 Å². The number of hydrogen-bond donors (Lipinski definition) is 3. The number of nitrogens with one attached hydrogen (secondary N) is 2. The first-order valence-corrected chi connectivity index (χ1v) is 9.07. The summed E-state index contributed by atoms with van der Waals surface area (Å²) in [6.07, 6.45) is 1.67. The van der Waals surface area contributed by atoms with Crippen LogP contribution in [0, 0.1) is 0 Å². The van der Waals surface area contributed by atoms with E-state index in [1.165, 1.54) is 0 Å². The van der Waals surface area contributed by atoms with Gasteiger partial charge in [0, 0.05) is 42.1 Å². The molecule has 0 amide bonds. The Hall–Kier alpha value is -2.79. The number of pyridine rings is 1. The molecule has 2 aromatic carbocycles. The molecule has 1 aliphatic heterocycles. The predicted molar refractivity (Wildman–Crippen MR) is 106 cm³/mol. The van der Waals surface area contributed by atoms with E-state index in [1.54, 1.807) is 0 Å². The van der Waals surface area contributed by atoms with E-state index in [0.717, 1.165) is 41.7 Å². The van der Waals surface area contributed by atoms with Gasteiger partial charge in [0.15, 0.2) is 0 Å². The maximum absolute atomic E-state index is 12.2. The van der Waals surface area contributed by atoms with E-state index < -0.39 is 0 Å². The number of rotatable bonds is 4. The molecule has 3 N–H and O–H groups in total. The van der Waals surface area contributed by atoms with Crippen LogP contribution in [0.4, 0.5) is 11.4 Å². The number of piperidine rings is 1. The third kappa shape index (κ3) is 3.58. The van der Waals surface area contributed by atoms with Crippen molar-refractivity contribution in [2.24, 2.45) is 0 Å². The molecule has 0 unspecified atom stereocenters. The second-order valence-electron chi connectivity index (χ2n) is 6.85. The van der Waals surface area contributed by atoms with Crippen LogP contribution in [0.5, 0.6) is 0 Å². The Balaban J connectivity index is 1.45. The number of benzene rings is 2. The molecule has 3 aromatic rings. The molecule has 1 fully saturated rings. The number of aliphatic hydroxyl groups is 1. The Morgan fingerprint density at radius 3 is 2.77 bits per heavy atom. The molecule has 4 rings (SSSR count). The number of hydrogen-bond acceptors (Lipinski definition) is 4. The van der Waals surface area contributed by atoms with Gasteiger partial charge in [-0.15, -0.1) is 0 Å². The summed E-state index contributed by atoms with van der Waals surface area (Å²) in [4.78, 5) is 17.4. The summed E-state index contributed by atoms with van der Waals surface area (Å²) in [5.41, 5.74) is 3.60. The van der Waals surface area contributed by atoms with E-state index >= 15 is 0 Å². The van der Waals surface area contributed by atoms with Crippen molar-refractivity contribution < 1.29 is 5.11 Å². The van der Waals surface area contributed by atoms with Gasteiger partial charge in [0.05, 0.1) is 6.10 Å². The molecular weight excluding hydrogens is 326 g/mol. The van der Waals surface area contributed by atoms with Gasteiger partial charge in [-0.1, -0.05) is 18.2 Å². The minimum Gasteiger partial charge on any atom is -0.391 e. The zero-order valence-corrected chi connectivity index (χ0v) is 14.6. The summed E-state index contributed by atoms with van der Waals surface area (Å²) in [6.45, 7) is 2.15. The van der Waals surface area contributed by atoms with Crippen LogP contribution in [-0.4, -0.2) is 29.3 Å². The lowest BCUT2D eigenvalue weighted by Gasteiger charge is -2.32. The SMILES string of the molecule is O=c1[nH]c2ccccc2cc1CNc1ccc(N2CCC[C@H](O)C2)cc1. The van der Waals surface area contributed by atoms with Gasteiger partial charge >= 0.3 is 0 Å². The number of aliphatic hydroxyl groups excluding tert-OH is 1. The standard InChI is InChI=1S/C21H23N3O2/c25-19-5-3-11-24(14-19)18-9-7-17(8-10-18)22-13-16-12-15-4-1-2-6-20(15)23-21(16)26/h1-2,4,6-10,12,19,22,25H,3,5,11,13-14H2,(H,23,26)/t19-/m0/s1. The third-order valence-corrected chi connectivity index (χ3v) is 4.94. The zero-order chi connectivity index (χ0) is 17.9. The lowest BCUT2D eigenvalue weighted by Crippen LogP contribution is -2.38. The molecule has 5 heteroatoms. The van der Waals surface area contributed by atoms with Crippen LogP contribution in [0.3, 0.4) is 0 Å². The number of aromatic amines is 1. The average Bonchev–Trinajstić information content (AvgIpc) is 2.67. The minimum absolute atomic E-state index is 0.0601. The minimum atomic E-state index is -0.235. The average molecular weight is 349 g/mol. The molecule has 0 radical (unpaired) electrons. The van der Waals surface area contributed by atoms with Crippen LogP contribution in [0.25, 0.3) is 10.9 Å². The molecule has 0 saturated carbocycles. The zero-order valence-electron chi connectivity index (χ0n) is 14.6. The van der Waals surface area contributed by atoms with Gasteiger partial charge in [-0.3, -0.25) is 4.79 Å². The van der Waals surface area contributed by atoms with Crippen molar-refractivity contribution in [2.45, 2.75) is 25.5 Å². The lowest BCUT2D eigenvalue weighted by atomic mass is 10.1. The highest BCUT2D eigenvalue weighted by Crippen LogP contribution is 2.22. The van der Waals surface area contributed by atoms with E-state index in [0.29, 0.717) is 18.7 Å². The fraction of sp³-hybridized carbons (Fsp3) is 0.286. The topological polar surface area (TPSA) is 68.4 Å². The summed E-state index contributed by atoms with van der Waals surface area (Å²) < 4.78 is 0. The predicted octanol–water partition coefficient (Wildman–Crippen LogP) is 3.10. The molecule has 26 heavy (non-hydrogen) atoms. The second kappa shape index (κ2) is 7.22. The Kier molecular flexibility index (Phi) is 4.63. The number of para-hydroxylation sites is 1. The Labute approximate surface area is 152 Å². The largest absolute Gasteiger partial charge is 0.391 e. The summed E-state index contributed by atoms with van der Waals surface area (Å²) in [5.74, 6) is 0. The van der Waals surface area contributed by atoms with Crippen molar-refractivity contribution in [3.63, 3.8) is 0 Å². The van der Waals surface area contributed by atoms with Crippen LogP contribution < -0.4 is 15.8 Å². The maximum Gasteiger partial charge on any atom is 0.253 e. The molecule has 0 aliphatic carbocycles. The van der Waals surface area contributed by atoms with Crippen LogP contribution in [-0.2, 0) is 6.54 Å². The second-order valence-corrected chi connectivity index (χ2v) is 6.85. The Morgan fingerprint density at radius 2 is 1.96 bits per heavy atom. The number of H-pyrrole nitrogens is 1. The maximum atomic E-state index is 12.2. The van der Waals surface area contributed by atoms with E-state index in [2.05, 4.69) is 27.3 Å². The number of fused-ring (bicyclic) bond motifs is 1. The van der Waals surface area contributed by atoms with Gasteiger partial charge in [-0.25, -0.2) is 0 Å². The first kappa shape index (κ1) is 16.7. The van der Waals surface area contributed by atoms with Gasteiger partial charge < -0.3 is 20.3 Å². The molecule has 0 bridgehead atoms. The normalized spacial score (nSPS) is 17.4. The first-order chi connectivity index (χ1) is 12.7. The van der Waals surface area contributed by atoms with Crippen LogP contribution in [0.1, 0.15) is 18.4 Å². The lowest BCUT2D eigenvalue weighted by molar-refractivity contribution is 0.154. The van der Waals surface area contributed by atoms with Crippen molar-refractivity contribution in [2.75, 3.05) is 23.3 Å². The molecule has 0 spiro atoms. The molecule has 5 nitrogen and oxygen atoms in total. The summed E-state index contributed by atoms with van der Waals surface area (Å²) >= 11 is 0. The fourth-order valence-electron chi connectivity index (χ4n) is 3.50. The van der Waals surface area contributed by atoms with Gasteiger partial charge in [0.25, 0.3) is 5.56 Å². The van der Waals surface area contributed by atoms with Crippen molar-refractivity contribution >= 4 is 22.3 Å². The smallest absolute Gasteiger partial charge is 0.253 e. The van der Waals surface area contributed by atoms with Gasteiger partial charge in [-0.05, 0) is 54.6 Å². The fourth-order valence-corrected chi connectivity index (χ4v) is 3.50. The van der Waals surface area contributed by atoms with Crippen molar-refractivity contribution in [3.8, 4) is 0 Å². The molecule has 1 atom stereocenters. The molecule has 1 aliphatic rings.